The van der Waals surface area contributed by atoms with E-state index in [2.05, 4.69) is 15.2 Å². The SMILES string of the molecule is Cc1cc(/C=C2\C(=O)NC(=O)N(c3ccncc3)C2=O)ccc1N1CCOCC1. The molecule has 4 amide bonds. The average Bonchev–Trinajstić information content (AvgIpc) is 2.72. The van der Waals surface area contributed by atoms with Crippen molar-refractivity contribution in [1.82, 2.24) is 10.3 Å². The highest BCUT2D eigenvalue weighted by molar-refractivity contribution is 6.39. The normalized spacial score (nSPS) is 18.9. The third kappa shape index (κ3) is 3.74. The lowest BCUT2D eigenvalue weighted by atomic mass is 10.0. The zero-order valence-corrected chi connectivity index (χ0v) is 15.9. The van der Waals surface area contributed by atoms with Gasteiger partial charge in [0.25, 0.3) is 11.8 Å². The van der Waals surface area contributed by atoms with Gasteiger partial charge in [0.2, 0.25) is 0 Å². The molecule has 0 aliphatic carbocycles. The Morgan fingerprint density at radius 2 is 1.79 bits per heavy atom. The van der Waals surface area contributed by atoms with E-state index in [1.807, 2.05) is 25.1 Å². The highest BCUT2D eigenvalue weighted by Crippen LogP contribution is 2.25. The van der Waals surface area contributed by atoms with Crippen LogP contribution >= 0.6 is 0 Å². The fraction of sp³-hybridized carbons (Fsp3) is 0.238. The van der Waals surface area contributed by atoms with Crippen molar-refractivity contribution < 1.29 is 19.1 Å². The van der Waals surface area contributed by atoms with Crippen LogP contribution in [0.25, 0.3) is 6.08 Å². The number of nitrogens with zero attached hydrogens (tertiary/aromatic N) is 3. The predicted octanol–water partition coefficient (Wildman–Crippen LogP) is 1.89. The summed E-state index contributed by atoms with van der Waals surface area (Å²) in [5.41, 5.74) is 3.09. The van der Waals surface area contributed by atoms with Gasteiger partial charge in [-0.15, -0.1) is 0 Å². The van der Waals surface area contributed by atoms with Crippen molar-refractivity contribution in [2.24, 2.45) is 0 Å². The maximum Gasteiger partial charge on any atom is 0.335 e. The van der Waals surface area contributed by atoms with Crippen LogP contribution in [0.3, 0.4) is 0 Å². The molecule has 1 N–H and O–H groups in total. The largest absolute Gasteiger partial charge is 0.378 e. The number of aryl methyl sites for hydroxylation is 1. The van der Waals surface area contributed by atoms with E-state index in [4.69, 9.17) is 4.74 Å². The van der Waals surface area contributed by atoms with Gasteiger partial charge in [0, 0.05) is 31.2 Å². The third-order valence-electron chi connectivity index (χ3n) is 4.91. The molecule has 2 saturated heterocycles. The lowest BCUT2D eigenvalue weighted by Gasteiger charge is -2.30. The zero-order valence-electron chi connectivity index (χ0n) is 15.9. The molecule has 0 unspecified atom stereocenters. The molecular formula is C21H20N4O4. The number of ether oxygens (including phenoxy) is 1. The number of anilines is 2. The van der Waals surface area contributed by atoms with Crippen LogP contribution < -0.4 is 15.1 Å². The zero-order chi connectivity index (χ0) is 20.4. The summed E-state index contributed by atoms with van der Waals surface area (Å²) >= 11 is 0. The van der Waals surface area contributed by atoms with Gasteiger partial charge in [0.1, 0.15) is 5.57 Å². The Bertz CT molecular complexity index is 997. The Morgan fingerprint density at radius 3 is 2.48 bits per heavy atom. The maximum absolute atomic E-state index is 12.9. The number of benzene rings is 1. The van der Waals surface area contributed by atoms with Crippen molar-refractivity contribution in [2.45, 2.75) is 6.92 Å². The van der Waals surface area contributed by atoms with Gasteiger partial charge in [-0.1, -0.05) is 6.07 Å². The second kappa shape index (κ2) is 7.84. The number of morpholine rings is 1. The number of carbonyl (C=O) groups is 3. The topological polar surface area (TPSA) is 91.8 Å². The van der Waals surface area contributed by atoms with Crippen molar-refractivity contribution in [3.05, 3.63) is 59.4 Å². The van der Waals surface area contributed by atoms with E-state index in [1.165, 1.54) is 30.6 Å². The molecule has 0 spiro atoms. The summed E-state index contributed by atoms with van der Waals surface area (Å²) in [6, 6.07) is 8.05. The van der Waals surface area contributed by atoms with E-state index in [-0.39, 0.29) is 5.57 Å². The Balaban J connectivity index is 1.64. The summed E-state index contributed by atoms with van der Waals surface area (Å²) in [7, 11) is 0. The Labute approximate surface area is 167 Å². The predicted molar refractivity (Wildman–Crippen MR) is 107 cm³/mol. The first kappa shape index (κ1) is 18.8. The number of rotatable bonds is 3. The van der Waals surface area contributed by atoms with Gasteiger partial charge in [-0.3, -0.25) is 19.9 Å². The number of barbiturate groups is 1. The standard InChI is InChI=1S/C21H20N4O4/c1-14-12-15(2-3-18(14)24-8-10-29-11-9-24)13-17-19(26)23-21(28)25(20(17)27)16-4-6-22-7-5-16/h2-7,12-13H,8-11H2,1H3,(H,23,26,28)/b17-13+. The Kier molecular flexibility index (Phi) is 5.09. The van der Waals surface area contributed by atoms with Crippen LogP contribution in [0.2, 0.25) is 0 Å². The minimum atomic E-state index is -0.776. The molecule has 1 aromatic carbocycles. The van der Waals surface area contributed by atoms with Gasteiger partial charge in [0.15, 0.2) is 0 Å². The van der Waals surface area contributed by atoms with Crippen LogP contribution in [0.1, 0.15) is 11.1 Å². The molecule has 148 valence electrons. The lowest BCUT2D eigenvalue weighted by Crippen LogP contribution is -2.54. The lowest BCUT2D eigenvalue weighted by molar-refractivity contribution is -0.122. The Morgan fingerprint density at radius 1 is 1.07 bits per heavy atom. The summed E-state index contributed by atoms with van der Waals surface area (Å²) in [6.45, 7) is 5.02. The van der Waals surface area contributed by atoms with E-state index in [0.717, 1.165) is 29.2 Å². The molecule has 0 atom stereocenters. The number of pyridine rings is 1. The summed E-state index contributed by atoms with van der Waals surface area (Å²) in [4.78, 5) is 44.5. The molecule has 2 fully saturated rings. The molecule has 0 bridgehead atoms. The Hall–Kier alpha value is -3.52. The van der Waals surface area contributed by atoms with Crippen LogP contribution in [0.4, 0.5) is 16.2 Å². The van der Waals surface area contributed by atoms with Crippen LogP contribution in [0.15, 0.2) is 48.3 Å². The molecule has 2 aromatic rings. The first-order valence-electron chi connectivity index (χ1n) is 9.29. The van der Waals surface area contributed by atoms with Gasteiger partial charge in [0.05, 0.1) is 18.9 Å². The van der Waals surface area contributed by atoms with E-state index in [1.54, 1.807) is 0 Å². The maximum atomic E-state index is 12.9. The molecule has 3 heterocycles. The van der Waals surface area contributed by atoms with Gasteiger partial charge in [-0.2, -0.15) is 0 Å². The number of carbonyl (C=O) groups excluding carboxylic acids is 3. The number of hydrogen-bond acceptors (Lipinski definition) is 6. The first-order valence-corrected chi connectivity index (χ1v) is 9.29. The molecule has 2 aliphatic heterocycles. The molecule has 0 radical (unpaired) electrons. The monoisotopic (exact) mass is 392 g/mol. The second-order valence-corrected chi connectivity index (χ2v) is 6.81. The minimum Gasteiger partial charge on any atom is -0.378 e. The molecule has 8 heteroatoms. The quantitative estimate of drug-likeness (QED) is 0.634. The molecular weight excluding hydrogens is 372 g/mol. The minimum absolute atomic E-state index is 0.0973. The van der Waals surface area contributed by atoms with Gasteiger partial charge < -0.3 is 9.64 Å². The van der Waals surface area contributed by atoms with Crippen molar-refractivity contribution >= 4 is 35.3 Å². The molecule has 29 heavy (non-hydrogen) atoms. The number of amides is 4. The van der Waals surface area contributed by atoms with Crippen LogP contribution in [-0.4, -0.2) is 49.1 Å². The summed E-state index contributed by atoms with van der Waals surface area (Å²) in [5, 5.41) is 2.22. The second-order valence-electron chi connectivity index (χ2n) is 6.81. The average molecular weight is 392 g/mol. The van der Waals surface area contributed by atoms with Crippen molar-refractivity contribution in [2.75, 3.05) is 36.1 Å². The summed E-state index contributed by atoms with van der Waals surface area (Å²) < 4.78 is 5.39. The molecule has 2 aliphatic rings. The van der Waals surface area contributed by atoms with Crippen LogP contribution in [0.5, 0.6) is 0 Å². The third-order valence-corrected chi connectivity index (χ3v) is 4.91. The number of aromatic nitrogens is 1. The van der Waals surface area contributed by atoms with Crippen LogP contribution in [-0.2, 0) is 14.3 Å². The smallest absolute Gasteiger partial charge is 0.335 e. The summed E-state index contributed by atoms with van der Waals surface area (Å²) in [6.07, 6.45) is 4.46. The first-order chi connectivity index (χ1) is 14.0. The van der Waals surface area contributed by atoms with Crippen molar-refractivity contribution in [3.8, 4) is 0 Å². The number of nitrogens with one attached hydrogen (secondary N) is 1. The van der Waals surface area contributed by atoms with E-state index >= 15 is 0 Å². The summed E-state index contributed by atoms with van der Waals surface area (Å²) in [5.74, 6) is -1.37. The van der Waals surface area contributed by atoms with Crippen molar-refractivity contribution in [3.63, 3.8) is 0 Å². The van der Waals surface area contributed by atoms with Crippen LogP contribution in [0, 0.1) is 6.92 Å². The molecule has 0 saturated carbocycles. The van der Waals surface area contributed by atoms with E-state index in [9.17, 15) is 14.4 Å². The highest BCUT2D eigenvalue weighted by atomic mass is 16.5. The fourth-order valence-corrected chi connectivity index (χ4v) is 3.48. The van der Waals surface area contributed by atoms with Gasteiger partial charge >= 0.3 is 6.03 Å². The van der Waals surface area contributed by atoms with Gasteiger partial charge in [-0.25, -0.2) is 9.69 Å². The number of imide groups is 2. The number of hydrogen-bond donors (Lipinski definition) is 1. The highest BCUT2D eigenvalue weighted by Gasteiger charge is 2.36. The van der Waals surface area contributed by atoms with E-state index in [0.29, 0.717) is 24.5 Å². The molecule has 1 aromatic heterocycles. The van der Waals surface area contributed by atoms with Crippen molar-refractivity contribution in [1.29, 1.82) is 0 Å². The fourth-order valence-electron chi connectivity index (χ4n) is 3.48. The van der Waals surface area contributed by atoms with E-state index < -0.39 is 17.8 Å². The number of urea groups is 1. The van der Waals surface area contributed by atoms with Gasteiger partial charge in [-0.05, 0) is 48.4 Å². The molecule has 8 nitrogen and oxygen atoms in total. The molecule has 4 rings (SSSR count).